The lowest BCUT2D eigenvalue weighted by Crippen LogP contribution is -1.98. The second-order valence-corrected chi connectivity index (χ2v) is 8.60. The molecule has 1 atom stereocenters. The molecule has 0 saturated carbocycles. The van der Waals surface area contributed by atoms with Gasteiger partial charge in [0.05, 0.1) is 0 Å². The predicted molar refractivity (Wildman–Crippen MR) is 120 cm³/mol. The van der Waals surface area contributed by atoms with Crippen LogP contribution >= 0.6 is 23.4 Å². The van der Waals surface area contributed by atoms with Crippen LogP contribution in [-0.4, -0.2) is 4.98 Å². The van der Waals surface area contributed by atoms with Crippen molar-refractivity contribution in [1.29, 1.82) is 0 Å². The Labute approximate surface area is 175 Å². The third-order valence-electron chi connectivity index (χ3n) is 5.05. The first-order valence-electron chi connectivity index (χ1n) is 9.55. The summed E-state index contributed by atoms with van der Waals surface area (Å²) in [6.07, 6.45) is 4.15. The number of benzene rings is 3. The molecule has 0 radical (unpaired) electrons. The van der Waals surface area contributed by atoms with Gasteiger partial charge in [-0.3, -0.25) is 0 Å². The Bertz CT molecular complexity index is 1050. The Kier molecular flexibility index (Phi) is 5.99. The van der Waals surface area contributed by atoms with E-state index in [1.54, 1.807) is 11.8 Å². The molecule has 0 saturated heterocycles. The molecule has 1 heterocycles. The van der Waals surface area contributed by atoms with E-state index < -0.39 is 0 Å². The van der Waals surface area contributed by atoms with Crippen molar-refractivity contribution in [2.24, 2.45) is 0 Å². The predicted octanol–water partition coefficient (Wildman–Crippen LogP) is 7.78. The molecule has 28 heavy (non-hydrogen) atoms. The lowest BCUT2D eigenvalue weighted by atomic mass is 9.90. The monoisotopic (exact) mass is 403 g/mol. The number of halogens is 1. The third kappa shape index (κ3) is 4.57. The topological polar surface area (TPSA) is 12.9 Å². The van der Waals surface area contributed by atoms with E-state index in [0.29, 0.717) is 5.92 Å². The highest BCUT2D eigenvalue weighted by Gasteiger charge is 2.10. The number of hydrogen-bond donors (Lipinski definition) is 0. The molecule has 0 aliphatic carbocycles. The average Bonchev–Trinajstić information content (AvgIpc) is 2.74. The normalized spacial score (nSPS) is 12.2. The fourth-order valence-electron chi connectivity index (χ4n) is 3.46. The molecule has 0 unspecified atom stereocenters. The van der Waals surface area contributed by atoms with Crippen LogP contribution in [0.5, 0.6) is 0 Å². The summed E-state index contributed by atoms with van der Waals surface area (Å²) < 4.78 is 0. The van der Waals surface area contributed by atoms with E-state index in [2.05, 4.69) is 66.5 Å². The van der Waals surface area contributed by atoms with Gasteiger partial charge in [0, 0.05) is 16.1 Å². The standard InChI is InChI=1S/C25H22ClNS/c1-18(23-8-4-6-20-5-2-3-7-24(20)23)9-10-19-11-16-25(27-17-19)28-22-14-12-21(26)13-15-22/h2-8,11-18H,9-10H2,1H3/t18-/m0/s1. The van der Waals surface area contributed by atoms with E-state index in [1.165, 1.54) is 21.9 Å². The quantitative estimate of drug-likeness (QED) is 0.326. The lowest BCUT2D eigenvalue weighted by molar-refractivity contribution is 0.682. The minimum absolute atomic E-state index is 0.509. The van der Waals surface area contributed by atoms with Gasteiger partial charge in [0.1, 0.15) is 5.03 Å². The number of aryl methyl sites for hydroxylation is 1. The van der Waals surface area contributed by atoms with Gasteiger partial charge < -0.3 is 0 Å². The van der Waals surface area contributed by atoms with E-state index in [0.717, 1.165) is 27.8 Å². The highest BCUT2D eigenvalue weighted by atomic mass is 35.5. The van der Waals surface area contributed by atoms with Gasteiger partial charge in [0.25, 0.3) is 0 Å². The highest BCUT2D eigenvalue weighted by Crippen LogP contribution is 2.30. The second-order valence-electron chi connectivity index (χ2n) is 7.07. The van der Waals surface area contributed by atoms with Crippen molar-refractivity contribution in [2.45, 2.75) is 35.6 Å². The number of nitrogens with zero attached hydrogens (tertiary/aromatic N) is 1. The highest BCUT2D eigenvalue weighted by molar-refractivity contribution is 7.99. The van der Waals surface area contributed by atoms with Crippen LogP contribution in [-0.2, 0) is 6.42 Å². The third-order valence-corrected chi connectivity index (χ3v) is 6.26. The van der Waals surface area contributed by atoms with E-state index >= 15 is 0 Å². The minimum atomic E-state index is 0.509. The zero-order valence-electron chi connectivity index (χ0n) is 15.8. The maximum Gasteiger partial charge on any atom is 0.101 e. The van der Waals surface area contributed by atoms with Crippen molar-refractivity contribution < 1.29 is 0 Å². The molecule has 0 aliphatic rings. The van der Waals surface area contributed by atoms with Gasteiger partial charge in [0.15, 0.2) is 0 Å². The van der Waals surface area contributed by atoms with Gasteiger partial charge in [-0.25, -0.2) is 4.98 Å². The van der Waals surface area contributed by atoms with Crippen LogP contribution in [0.2, 0.25) is 5.02 Å². The van der Waals surface area contributed by atoms with Crippen LogP contribution in [0.3, 0.4) is 0 Å². The van der Waals surface area contributed by atoms with Gasteiger partial charge in [-0.05, 0) is 71.0 Å². The molecule has 4 aromatic rings. The summed E-state index contributed by atoms with van der Waals surface area (Å²) in [6, 6.07) is 27.4. The maximum absolute atomic E-state index is 5.95. The zero-order chi connectivity index (χ0) is 19.3. The molecule has 0 fully saturated rings. The summed E-state index contributed by atoms with van der Waals surface area (Å²) in [7, 11) is 0. The molecule has 4 rings (SSSR count). The molecule has 1 aromatic heterocycles. The Morgan fingerprint density at radius 3 is 2.46 bits per heavy atom. The van der Waals surface area contributed by atoms with Crippen molar-refractivity contribution in [3.05, 3.63) is 101 Å². The SMILES string of the molecule is C[C@@H](CCc1ccc(Sc2ccc(Cl)cc2)nc1)c1cccc2ccccc12. The molecular weight excluding hydrogens is 382 g/mol. The summed E-state index contributed by atoms with van der Waals surface area (Å²) in [6.45, 7) is 2.32. The molecule has 0 amide bonds. The Morgan fingerprint density at radius 1 is 0.893 bits per heavy atom. The number of rotatable bonds is 6. The molecule has 0 aliphatic heterocycles. The van der Waals surface area contributed by atoms with Crippen LogP contribution in [0.25, 0.3) is 10.8 Å². The summed E-state index contributed by atoms with van der Waals surface area (Å²) in [5, 5.41) is 4.45. The molecule has 0 N–H and O–H groups in total. The van der Waals surface area contributed by atoms with Gasteiger partial charge in [-0.2, -0.15) is 0 Å². The van der Waals surface area contributed by atoms with Crippen molar-refractivity contribution in [1.82, 2.24) is 4.98 Å². The Morgan fingerprint density at radius 2 is 1.68 bits per heavy atom. The molecule has 0 bridgehead atoms. The van der Waals surface area contributed by atoms with Crippen LogP contribution in [0.1, 0.15) is 30.4 Å². The van der Waals surface area contributed by atoms with E-state index in [9.17, 15) is 0 Å². The summed E-state index contributed by atoms with van der Waals surface area (Å²) in [5.74, 6) is 0.509. The smallest absolute Gasteiger partial charge is 0.101 e. The number of fused-ring (bicyclic) bond motifs is 1. The minimum Gasteiger partial charge on any atom is -0.249 e. The Hall–Kier alpha value is -2.29. The molecule has 1 nitrogen and oxygen atoms in total. The van der Waals surface area contributed by atoms with Gasteiger partial charge in [-0.1, -0.05) is 78.8 Å². The lowest BCUT2D eigenvalue weighted by Gasteiger charge is -2.15. The molecular formula is C25H22ClNS. The van der Waals surface area contributed by atoms with Crippen LogP contribution in [0, 0.1) is 0 Å². The fourth-order valence-corrected chi connectivity index (χ4v) is 4.34. The molecule has 3 heteroatoms. The zero-order valence-corrected chi connectivity index (χ0v) is 17.4. The second kappa shape index (κ2) is 8.81. The van der Waals surface area contributed by atoms with Crippen molar-refractivity contribution in [3.8, 4) is 0 Å². The van der Waals surface area contributed by atoms with E-state index in [-0.39, 0.29) is 0 Å². The number of aromatic nitrogens is 1. The number of pyridine rings is 1. The summed E-state index contributed by atoms with van der Waals surface area (Å²) >= 11 is 7.61. The average molecular weight is 404 g/mol. The number of hydrogen-bond acceptors (Lipinski definition) is 2. The van der Waals surface area contributed by atoms with Crippen LogP contribution in [0.4, 0.5) is 0 Å². The van der Waals surface area contributed by atoms with Crippen molar-refractivity contribution in [3.63, 3.8) is 0 Å². The Balaban J connectivity index is 1.40. The van der Waals surface area contributed by atoms with Crippen molar-refractivity contribution >= 4 is 34.1 Å². The van der Waals surface area contributed by atoms with E-state index in [1.807, 2.05) is 30.5 Å². The van der Waals surface area contributed by atoms with Gasteiger partial charge in [0.2, 0.25) is 0 Å². The van der Waals surface area contributed by atoms with Crippen molar-refractivity contribution in [2.75, 3.05) is 0 Å². The fraction of sp³-hybridized carbons (Fsp3) is 0.160. The first kappa shape index (κ1) is 19.0. The first-order chi connectivity index (χ1) is 13.7. The summed E-state index contributed by atoms with van der Waals surface area (Å²) in [5.41, 5.74) is 2.72. The van der Waals surface area contributed by atoms with E-state index in [4.69, 9.17) is 11.6 Å². The maximum atomic E-state index is 5.95. The molecule has 3 aromatic carbocycles. The van der Waals surface area contributed by atoms with Crippen LogP contribution in [0.15, 0.2) is 95.0 Å². The molecule has 140 valence electrons. The largest absolute Gasteiger partial charge is 0.249 e. The van der Waals surface area contributed by atoms with Gasteiger partial charge in [-0.15, -0.1) is 0 Å². The molecule has 0 spiro atoms. The summed E-state index contributed by atoms with van der Waals surface area (Å²) in [4.78, 5) is 5.77. The van der Waals surface area contributed by atoms with Gasteiger partial charge >= 0.3 is 0 Å². The van der Waals surface area contributed by atoms with Crippen LogP contribution < -0.4 is 0 Å². The first-order valence-corrected chi connectivity index (χ1v) is 10.7.